The maximum Gasteiger partial charge on any atom is 0 e. The van der Waals surface area contributed by atoms with Gasteiger partial charge in [0.2, 0.25) is 0 Å². The number of allylic oxidation sites excluding steroid dienone is 1. The third-order valence-electron chi connectivity index (χ3n) is 4.99. The minimum absolute atomic E-state index is 0. The van der Waals surface area contributed by atoms with E-state index in [1.54, 1.807) is 25.7 Å². The molecule has 0 amide bonds. The molecule has 0 aromatic rings. The van der Waals surface area contributed by atoms with E-state index in [0.29, 0.717) is 0 Å². The van der Waals surface area contributed by atoms with Crippen LogP contribution in [0.5, 0.6) is 0 Å². The Hall–Kier alpha value is 1.82. The minimum atomic E-state index is 0. The van der Waals surface area contributed by atoms with Crippen LogP contribution in [0.4, 0.5) is 0 Å². The van der Waals surface area contributed by atoms with Crippen molar-refractivity contribution in [2.24, 2.45) is 5.41 Å². The van der Waals surface area contributed by atoms with Gasteiger partial charge in [-0.2, -0.15) is 0 Å². The molecule has 0 nitrogen and oxygen atoms in total. The van der Waals surface area contributed by atoms with Gasteiger partial charge in [-0.25, -0.2) is 0 Å². The molecule has 0 atom stereocenters. The van der Waals surface area contributed by atoms with Gasteiger partial charge in [0.05, 0.1) is 0 Å². The van der Waals surface area contributed by atoms with Crippen molar-refractivity contribution in [2.75, 3.05) is 0 Å². The second-order valence-electron chi connectivity index (χ2n) is 6.93. The largest absolute Gasteiger partial charge is 0.358 e. The van der Waals surface area contributed by atoms with Crippen LogP contribution in [0.15, 0.2) is 12.2 Å². The van der Waals surface area contributed by atoms with Gasteiger partial charge in [0.25, 0.3) is 0 Å². The maximum atomic E-state index is 3.85. The molecule has 0 heterocycles. The van der Waals surface area contributed by atoms with Crippen LogP contribution in [0.25, 0.3) is 0 Å². The summed E-state index contributed by atoms with van der Waals surface area (Å²) in [5, 5.41) is 0. The molecule has 4 aliphatic carbocycles. The van der Waals surface area contributed by atoms with Gasteiger partial charge in [-0.05, 0) is 56.8 Å². The number of rotatable bonds is 0. The molecule has 4 fully saturated rings. The zero-order valence-corrected chi connectivity index (χ0v) is 21.5. The first-order valence-corrected chi connectivity index (χ1v) is 8.47. The first kappa shape index (κ1) is 41.2. The van der Waals surface area contributed by atoms with Crippen molar-refractivity contribution in [3.8, 4) is 0 Å². The van der Waals surface area contributed by atoms with E-state index < -0.39 is 0 Å². The van der Waals surface area contributed by atoms with Crippen molar-refractivity contribution in [3.63, 3.8) is 0 Å². The van der Waals surface area contributed by atoms with Gasteiger partial charge in [-0.3, -0.25) is 0 Å². The van der Waals surface area contributed by atoms with Gasteiger partial charge < -0.3 is 22.3 Å². The minimum Gasteiger partial charge on any atom is -0.358 e. The van der Waals surface area contributed by atoms with Gasteiger partial charge in [0, 0.05) is 68.3 Å². The fourth-order valence-corrected chi connectivity index (χ4v) is 3.62. The Morgan fingerprint density at radius 1 is 0.480 bits per heavy atom. The summed E-state index contributed by atoms with van der Waals surface area (Å²) in [6.07, 6.45) is 22.2. The zero-order valence-electron chi connectivity index (χ0n) is 16.8. The summed E-state index contributed by atoms with van der Waals surface area (Å²) in [4.78, 5) is 0. The average molecular weight is 513 g/mol. The molecule has 0 aromatic heterocycles. The zero-order chi connectivity index (χ0) is 12.7. The molecule has 156 valence electrons. The Bertz CT molecular complexity index is 224. The summed E-state index contributed by atoms with van der Waals surface area (Å²) in [5.74, 6) is 0. The van der Waals surface area contributed by atoms with Gasteiger partial charge in [-0.1, -0.05) is 57.1 Å². The monoisotopic (exact) mass is 513 g/mol. The fourth-order valence-electron chi connectivity index (χ4n) is 3.62. The normalized spacial score (nSPS) is 19.8. The molecule has 4 saturated carbocycles. The van der Waals surface area contributed by atoms with E-state index in [-0.39, 0.29) is 90.6 Å². The van der Waals surface area contributed by atoms with E-state index in [4.69, 9.17) is 0 Å². The van der Waals surface area contributed by atoms with Gasteiger partial charge in [-0.15, -0.1) is 0 Å². The SMILES string of the molecule is C1CC1.C1CCC2(C1)CCCC2.C=C1CCCC1.[CH3-].[CH3-].[CH3-].[Mn].[Mn].[Mn].[Mn]. The molecular formula is C21H41Mn4-3. The average Bonchev–Trinajstić information content (AvgIpc) is 2.90. The predicted octanol–water partition coefficient (Wildman–Crippen LogP) is 7.75. The molecular weight excluding hydrogens is 472 g/mol. The van der Waals surface area contributed by atoms with E-state index in [1.165, 1.54) is 76.2 Å². The number of hydrogen-bond donors (Lipinski definition) is 0. The van der Waals surface area contributed by atoms with E-state index in [1.807, 2.05) is 0 Å². The van der Waals surface area contributed by atoms with E-state index in [0.717, 1.165) is 5.41 Å². The molecule has 0 N–H and O–H groups in total. The molecule has 0 saturated heterocycles. The van der Waals surface area contributed by atoms with Crippen LogP contribution in [-0.4, -0.2) is 0 Å². The molecule has 25 heavy (non-hydrogen) atoms. The van der Waals surface area contributed by atoms with E-state index >= 15 is 0 Å². The smallest absolute Gasteiger partial charge is 0 e. The van der Waals surface area contributed by atoms with Crippen molar-refractivity contribution in [2.45, 2.75) is 96.3 Å². The summed E-state index contributed by atoms with van der Waals surface area (Å²) in [5.41, 5.74) is 2.34. The predicted molar refractivity (Wildman–Crippen MR) is 100 cm³/mol. The van der Waals surface area contributed by atoms with E-state index in [2.05, 4.69) is 6.58 Å². The van der Waals surface area contributed by atoms with Crippen LogP contribution in [0.3, 0.4) is 0 Å². The van der Waals surface area contributed by atoms with Crippen LogP contribution >= 0.6 is 0 Å². The van der Waals surface area contributed by atoms with E-state index in [9.17, 15) is 0 Å². The van der Waals surface area contributed by atoms with Crippen LogP contribution < -0.4 is 0 Å². The Morgan fingerprint density at radius 3 is 0.920 bits per heavy atom. The molecule has 1 spiro atoms. The quantitative estimate of drug-likeness (QED) is 0.177. The molecule has 4 rings (SSSR count). The van der Waals surface area contributed by atoms with Crippen molar-refractivity contribution in [1.29, 1.82) is 0 Å². The summed E-state index contributed by atoms with van der Waals surface area (Å²) >= 11 is 0. The Balaban J connectivity index is -0.0000000512. The molecule has 0 unspecified atom stereocenters. The molecule has 4 heteroatoms. The molecule has 4 aliphatic rings. The molecule has 0 aliphatic heterocycles. The second kappa shape index (κ2) is 23.9. The van der Waals surface area contributed by atoms with Gasteiger partial charge in [0.1, 0.15) is 0 Å². The standard InChI is InChI=1S/C9H16.C6H10.C3H6.3CH3.4Mn/c1-2-6-9(5-1)7-3-4-8-9;1-6-4-2-3-5-6;1-2-3-1;;;;;;;/h1-8H2;1-5H2;1-3H2;3*1H3;;;;/q;;;3*-1;;;;. The second-order valence-corrected chi connectivity index (χ2v) is 6.93. The summed E-state index contributed by atoms with van der Waals surface area (Å²) in [6, 6.07) is 0. The maximum absolute atomic E-state index is 3.85. The topological polar surface area (TPSA) is 0 Å². The van der Waals surface area contributed by atoms with Crippen LogP contribution in [0.2, 0.25) is 0 Å². The van der Waals surface area contributed by atoms with Crippen LogP contribution in [0.1, 0.15) is 96.3 Å². The molecule has 0 bridgehead atoms. The van der Waals surface area contributed by atoms with Crippen molar-refractivity contribution >= 4 is 0 Å². The third kappa shape index (κ3) is 18.9. The summed E-state index contributed by atoms with van der Waals surface area (Å²) in [7, 11) is 0. The molecule has 4 radical (unpaired) electrons. The first-order valence-electron chi connectivity index (χ1n) is 8.47. The van der Waals surface area contributed by atoms with Crippen molar-refractivity contribution < 1.29 is 68.3 Å². The fraction of sp³-hybridized carbons (Fsp3) is 0.762. The number of hydrogen-bond acceptors (Lipinski definition) is 0. The van der Waals surface area contributed by atoms with Gasteiger partial charge in [0.15, 0.2) is 0 Å². The Kier molecular flexibility index (Phi) is 39.4. The van der Waals surface area contributed by atoms with Crippen molar-refractivity contribution in [3.05, 3.63) is 34.4 Å². The summed E-state index contributed by atoms with van der Waals surface area (Å²) < 4.78 is 0. The first-order chi connectivity index (χ1) is 8.81. The van der Waals surface area contributed by atoms with Crippen molar-refractivity contribution in [1.82, 2.24) is 0 Å². The van der Waals surface area contributed by atoms with Crippen LogP contribution in [0, 0.1) is 27.7 Å². The summed E-state index contributed by atoms with van der Waals surface area (Å²) in [6.45, 7) is 3.85. The van der Waals surface area contributed by atoms with Crippen LogP contribution in [-0.2, 0) is 68.3 Å². The Labute approximate surface area is 203 Å². The Morgan fingerprint density at radius 2 is 0.760 bits per heavy atom. The van der Waals surface area contributed by atoms with Gasteiger partial charge >= 0.3 is 0 Å². The molecule has 0 aromatic carbocycles. The third-order valence-corrected chi connectivity index (χ3v) is 4.99.